The Morgan fingerprint density at radius 2 is 1.85 bits per heavy atom. The van der Waals surface area contributed by atoms with Crippen LogP contribution in [0.3, 0.4) is 0 Å². The van der Waals surface area contributed by atoms with Crippen LogP contribution in [-0.2, 0) is 6.42 Å². The first kappa shape index (κ1) is 16.4. The van der Waals surface area contributed by atoms with E-state index in [0.717, 1.165) is 41.7 Å². The van der Waals surface area contributed by atoms with Crippen molar-refractivity contribution in [3.05, 3.63) is 89.6 Å². The highest BCUT2D eigenvalue weighted by Crippen LogP contribution is 2.30. The first-order chi connectivity index (χ1) is 12.8. The van der Waals surface area contributed by atoms with Gasteiger partial charge >= 0.3 is 6.03 Å². The van der Waals surface area contributed by atoms with Crippen LogP contribution in [0, 0.1) is 0 Å². The molecule has 26 heavy (non-hydrogen) atoms. The number of carbonyl (C=O) groups is 1. The average Bonchev–Trinajstić information content (AvgIpc) is 3.17. The van der Waals surface area contributed by atoms with E-state index in [4.69, 9.17) is 4.42 Å². The Kier molecular flexibility index (Phi) is 4.69. The lowest BCUT2D eigenvalue weighted by Crippen LogP contribution is -2.41. The van der Waals surface area contributed by atoms with Gasteiger partial charge in [-0.05, 0) is 42.2 Å². The van der Waals surface area contributed by atoms with Gasteiger partial charge in [0.1, 0.15) is 5.76 Å². The molecule has 0 saturated carbocycles. The summed E-state index contributed by atoms with van der Waals surface area (Å²) in [6.07, 6.45) is 8.05. The van der Waals surface area contributed by atoms with Crippen molar-refractivity contribution >= 4 is 6.03 Å². The van der Waals surface area contributed by atoms with E-state index in [1.54, 1.807) is 18.7 Å². The lowest BCUT2D eigenvalue weighted by atomic mass is 9.93. The number of urea groups is 1. The summed E-state index contributed by atoms with van der Waals surface area (Å²) in [5.74, 6) is 0.982. The smallest absolute Gasteiger partial charge is 0.316 e. The van der Waals surface area contributed by atoms with Crippen LogP contribution >= 0.6 is 0 Å². The van der Waals surface area contributed by atoms with Gasteiger partial charge in [0.2, 0.25) is 0 Å². The molecule has 1 aromatic carbocycles. The summed E-state index contributed by atoms with van der Waals surface area (Å²) in [6, 6.07) is 15.3. The first-order valence-corrected chi connectivity index (χ1v) is 8.89. The maximum atomic E-state index is 12.7. The maximum absolute atomic E-state index is 12.7. The van der Waals surface area contributed by atoms with E-state index in [9.17, 15) is 4.79 Å². The maximum Gasteiger partial charge on any atom is 0.316 e. The van der Waals surface area contributed by atoms with Crippen molar-refractivity contribution in [2.75, 3.05) is 0 Å². The predicted octanol–water partition coefficient (Wildman–Crippen LogP) is 4.14. The molecule has 2 aromatic heterocycles. The third-order valence-electron chi connectivity index (χ3n) is 4.81. The number of carbonyl (C=O) groups excluding carboxylic acids is 1. The van der Waals surface area contributed by atoms with Crippen LogP contribution < -0.4 is 10.6 Å². The van der Waals surface area contributed by atoms with Crippen molar-refractivity contribution in [1.82, 2.24) is 15.6 Å². The van der Waals surface area contributed by atoms with Crippen molar-refractivity contribution in [2.24, 2.45) is 0 Å². The Balaban J connectivity index is 1.52. The second-order valence-corrected chi connectivity index (χ2v) is 6.49. The molecule has 0 bridgehead atoms. The number of nitrogens with one attached hydrogen (secondary N) is 2. The van der Waals surface area contributed by atoms with E-state index in [1.165, 1.54) is 0 Å². The summed E-state index contributed by atoms with van der Waals surface area (Å²) in [5.41, 5.74) is 3.11. The normalized spacial score (nSPS) is 17.2. The Morgan fingerprint density at radius 1 is 1.08 bits per heavy atom. The van der Waals surface area contributed by atoms with Crippen molar-refractivity contribution in [3.8, 4) is 0 Å². The van der Waals surface area contributed by atoms with E-state index in [0.29, 0.717) is 0 Å². The number of furan rings is 1. The molecule has 5 nitrogen and oxygen atoms in total. The number of fused-ring (bicyclic) bond motifs is 1. The van der Waals surface area contributed by atoms with Crippen LogP contribution in [0.2, 0.25) is 0 Å². The summed E-state index contributed by atoms with van der Waals surface area (Å²) >= 11 is 0. The second kappa shape index (κ2) is 7.44. The Labute approximate surface area is 152 Å². The number of hydrogen-bond acceptors (Lipinski definition) is 3. The molecule has 2 amide bonds. The number of aryl methyl sites for hydroxylation is 1. The third-order valence-corrected chi connectivity index (χ3v) is 4.81. The van der Waals surface area contributed by atoms with Gasteiger partial charge < -0.3 is 15.1 Å². The van der Waals surface area contributed by atoms with Crippen LogP contribution in [-0.4, -0.2) is 11.0 Å². The number of nitrogens with zero attached hydrogens (tertiary/aromatic N) is 1. The molecule has 1 aliphatic rings. The Morgan fingerprint density at radius 3 is 2.65 bits per heavy atom. The zero-order valence-corrected chi connectivity index (χ0v) is 14.4. The molecular weight excluding hydrogens is 326 g/mol. The van der Waals surface area contributed by atoms with Gasteiger partial charge in [0.15, 0.2) is 0 Å². The van der Waals surface area contributed by atoms with Crippen molar-refractivity contribution in [3.63, 3.8) is 0 Å². The zero-order chi connectivity index (χ0) is 17.8. The van der Waals surface area contributed by atoms with Crippen LogP contribution in [0.25, 0.3) is 0 Å². The van der Waals surface area contributed by atoms with Gasteiger partial charge in [0.25, 0.3) is 0 Å². The first-order valence-electron chi connectivity index (χ1n) is 8.89. The van der Waals surface area contributed by atoms with Gasteiger partial charge in [-0.1, -0.05) is 30.3 Å². The molecule has 4 rings (SSSR count). The molecule has 0 spiro atoms. The number of amides is 2. The molecular formula is C21H21N3O2. The summed E-state index contributed by atoms with van der Waals surface area (Å²) in [6.45, 7) is 0. The van der Waals surface area contributed by atoms with E-state index < -0.39 is 0 Å². The van der Waals surface area contributed by atoms with Crippen LogP contribution in [0.15, 0.2) is 71.6 Å². The van der Waals surface area contributed by atoms with E-state index in [2.05, 4.69) is 15.6 Å². The topological polar surface area (TPSA) is 67.2 Å². The van der Waals surface area contributed by atoms with Crippen molar-refractivity contribution in [2.45, 2.75) is 31.3 Å². The van der Waals surface area contributed by atoms with Gasteiger partial charge in [-0.15, -0.1) is 0 Å². The fourth-order valence-electron chi connectivity index (χ4n) is 3.53. The van der Waals surface area contributed by atoms with Crippen LogP contribution in [0.4, 0.5) is 4.79 Å². The highest BCUT2D eigenvalue weighted by molar-refractivity contribution is 5.75. The zero-order valence-electron chi connectivity index (χ0n) is 14.4. The largest absolute Gasteiger partial charge is 0.469 e. The van der Waals surface area contributed by atoms with Gasteiger partial charge in [0.05, 0.1) is 18.3 Å². The highest BCUT2D eigenvalue weighted by Gasteiger charge is 2.25. The van der Waals surface area contributed by atoms with E-state index in [1.807, 2.05) is 48.5 Å². The van der Waals surface area contributed by atoms with Gasteiger partial charge in [-0.25, -0.2) is 4.79 Å². The summed E-state index contributed by atoms with van der Waals surface area (Å²) in [5, 5.41) is 6.22. The minimum absolute atomic E-state index is 0.00800. The SMILES string of the molecule is O=C(N[C@H](c1ccccc1)c1ccncc1)N[C@H]1CCCc2occc21. The van der Waals surface area contributed by atoms with Crippen LogP contribution in [0.5, 0.6) is 0 Å². The van der Waals surface area contributed by atoms with E-state index in [-0.39, 0.29) is 18.1 Å². The lowest BCUT2D eigenvalue weighted by molar-refractivity contribution is 0.233. The molecule has 0 radical (unpaired) electrons. The van der Waals surface area contributed by atoms with Gasteiger partial charge in [-0.3, -0.25) is 4.98 Å². The molecule has 3 aromatic rings. The monoisotopic (exact) mass is 347 g/mol. The molecule has 5 heteroatoms. The average molecular weight is 347 g/mol. The number of rotatable bonds is 4. The summed E-state index contributed by atoms with van der Waals surface area (Å²) < 4.78 is 5.51. The third kappa shape index (κ3) is 3.47. The molecule has 1 aliphatic carbocycles. The number of benzene rings is 1. The number of aromatic nitrogens is 1. The van der Waals surface area contributed by atoms with Gasteiger partial charge in [0, 0.05) is 24.4 Å². The lowest BCUT2D eigenvalue weighted by Gasteiger charge is -2.25. The number of hydrogen-bond donors (Lipinski definition) is 2. The molecule has 0 aliphatic heterocycles. The van der Waals surface area contributed by atoms with Crippen molar-refractivity contribution < 1.29 is 9.21 Å². The van der Waals surface area contributed by atoms with Crippen molar-refractivity contribution in [1.29, 1.82) is 0 Å². The van der Waals surface area contributed by atoms with E-state index >= 15 is 0 Å². The Bertz CT molecular complexity index is 822. The molecule has 0 fully saturated rings. The molecule has 2 N–H and O–H groups in total. The molecule has 2 atom stereocenters. The molecule has 0 saturated heterocycles. The molecule has 132 valence electrons. The minimum Gasteiger partial charge on any atom is -0.469 e. The Hall–Kier alpha value is -3.08. The highest BCUT2D eigenvalue weighted by atomic mass is 16.3. The van der Waals surface area contributed by atoms with Gasteiger partial charge in [-0.2, -0.15) is 0 Å². The summed E-state index contributed by atoms with van der Waals surface area (Å²) in [7, 11) is 0. The predicted molar refractivity (Wildman–Crippen MR) is 98.6 cm³/mol. The fraction of sp³-hybridized carbons (Fsp3) is 0.238. The summed E-state index contributed by atoms with van der Waals surface area (Å²) in [4.78, 5) is 16.8. The quantitative estimate of drug-likeness (QED) is 0.745. The number of pyridine rings is 1. The molecule has 2 heterocycles. The standard InChI is InChI=1S/C21H21N3O2/c25-21(23-18-7-4-8-19-17(18)11-14-26-19)24-20(15-5-2-1-3-6-15)16-9-12-22-13-10-16/h1-3,5-6,9-14,18,20H,4,7-8H2,(H2,23,24,25)/t18-,20+/m0/s1. The minimum atomic E-state index is -0.230. The molecule has 0 unspecified atom stereocenters. The fourth-order valence-corrected chi connectivity index (χ4v) is 3.53. The second-order valence-electron chi connectivity index (χ2n) is 6.49. The van der Waals surface area contributed by atoms with Crippen LogP contribution in [0.1, 0.15) is 47.4 Å².